The molecule has 0 bridgehead atoms. The number of aliphatic imine (C=N–C) groups is 1. The average Bonchev–Trinajstić information content (AvgIpc) is 3.59. The second-order valence-electron chi connectivity index (χ2n) is 12.1. The highest BCUT2D eigenvalue weighted by Gasteiger charge is 2.31. The highest BCUT2D eigenvalue weighted by Crippen LogP contribution is 2.39. The summed E-state index contributed by atoms with van der Waals surface area (Å²) in [5.41, 5.74) is 3.92. The molecule has 2 aromatic carbocycles. The van der Waals surface area contributed by atoms with Gasteiger partial charge in [0.05, 0.1) is 48.5 Å². The van der Waals surface area contributed by atoms with Gasteiger partial charge in [-0.05, 0) is 49.7 Å². The Hall–Kier alpha value is -4.57. The van der Waals surface area contributed by atoms with Crippen molar-refractivity contribution < 1.29 is 14.4 Å². The minimum Gasteiger partial charge on any atom is -0.494 e. The number of hydrogen-bond donors (Lipinski definition) is 3. The Bertz CT molecular complexity index is 1530. The van der Waals surface area contributed by atoms with Gasteiger partial charge in [-0.1, -0.05) is 18.7 Å². The highest BCUT2D eigenvalue weighted by atomic mass is 16.7. The van der Waals surface area contributed by atoms with Crippen LogP contribution in [0.3, 0.4) is 0 Å². The Morgan fingerprint density at radius 1 is 1.13 bits per heavy atom. The van der Waals surface area contributed by atoms with E-state index < -0.39 is 0 Å². The number of likely N-dealkylation sites (N-methyl/N-ethyl adjacent to an activating group) is 1. The predicted molar refractivity (Wildman–Crippen MR) is 180 cm³/mol. The van der Waals surface area contributed by atoms with E-state index in [1.54, 1.807) is 13.2 Å². The number of anilines is 3. The molecule has 0 saturated carbocycles. The van der Waals surface area contributed by atoms with Gasteiger partial charge in [0, 0.05) is 63.9 Å². The zero-order chi connectivity index (χ0) is 32.0. The molecular weight excluding hydrogens is 582 g/mol. The Morgan fingerprint density at radius 3 is 2.67 bits per heavy atom. The summed E-state index contributed by atoms with van der Waals surface area (Å²) < 4.78 is 5.87. The molecule has 0 aromatic heterocycles. The molecule has 4 aliphatic rings. The van der Waals surface area contributed by atoms with Gasteiger partial charge in [0.2, 0.25) is 5.91 Å². The van der Waals surface area contributed by atoms with E-state index in [1.165, 1.54) is 6.08 Å². The van der Waals surface area contributed by atoms with Gasteiger partial charge < -0.3 is 30.5 Å². The van der Waals surface area contributed by atoms with E-state index in [4.69, 9.17) is 9.57 Å². The van der Waals surface area contributed by atoms with Crippen molar-refractivity contribution >= 4 is 28.8 Å². The molecule has 0 aliphatic carbocycles. The third kappa shape index (κ3) is 6.97. The van der Waals surface area contributed by atoms with Crippen molar-refractivity contribution in [3.8, 4) is 11.8 Å². The van der Waals surface area contributed by atoms with Gasteiger partial charge in [0.1, 0.15) is 24.1 Å². The number of carbonyl (C=O) groups is 1. The number of hydroxylamine groups is 2. The molecule has 6 rings (SSSR count). The van der Waals surface area contributed by atoms with Gasteiger partial charge in [0.15, 0.2) is 0 Å². The van der Waals surface area contributed by atoms with Crippen molar-refractivity contribution in [2.45, 2.75) is 31.3 Å². The molecule has 242 valence electrons. The van der Waals surface area contributed by atoms with Crippen LogP contribution in [0.5, 0.6) is 5.75 Å². The summed E-state index contributed by atoms with van der Waals surface area (Å²) in [7, 11) is 3.84. The summed E-state index contributed by atoms with van der Waals surface area (Å²) in [6, 6.07) is 14.3. The maximum atomic E-state index is 12.5. The number of methoxy groups -OCH3 is 1. The van der Waals surface area contributed by atoms with Crippen LogP contribution in [0.15, 0.2) is 65.9 Å². The largest absolute Gasteiger partial charge is 0.494 e. The number of nitrogens with zero attached hydrogens (tertiary/aromatic N) is 6. The van der Waals surface area contributed by atoms with Crippen LogP contribution in [-0.2, 0) is 9.63 Å². The van der Waals surface area contributed by atoms with Crippen LogP contribution in [0.25, 0.3) is 0 Å². The standard InChI is InChI=1S/C34H43N9O3/c1-4-34(44)39-27-19-28(31(45-3)20-30(27)42-11-8-26(9-12-42)41-15-13-40(2)14-16-41)38-32-21-33(37-23-36-32)43-29(10-17-46-43)25-7-5-6-24(18-25)22-35/h4-7,18-21,26,29,37H,1,8-17,23H2,2-3H3,(H,36,38)(H,39,44)/t29-/m1/s1. The van der Waals surface area contributed by atoms with Crippen molar-refractivity contribution in [2.75, 3.05) is 82.2 Å². The first-order valence-electron chi connectivity index (χ1n) is 16.0. The van der Waals surface area contributed by atoms with Crippen molar-refractivity contribution in [1.29, 1.82) is 5.26 Å². The molecule has 4 aliphatic heterocycles. The third-order valence-electron chi connectivity index (χ3n) is 9.21. The molecule has 1 atom stereocenters. The van der Waals surface area contributed by atoms with E-state index in [0.717, 1.165) is 75.6 Å². The number of hydrogen-bond acceptors (Lipinski definition) is 11. The van der Waals surface area contributed by atoms with Crippen molar-refractivity contribution in [3.63, 3.8) is 0 Å². The molecule has 1 amide bonds. The fourth-order valence-electron chi connectivity index (χ4n) is 6.65. The number of nitriles is 1. The molecule has 0 spiro atoms. The number of rotatable bonds is 8. The molecule has 12 nitrogen and oxygen atoms in total. The molecule has 3 fully saturated rings. The number of carbonyl (C=O) groups excluding carboxylic acids is 1. The number of benzene rings is 2. The fraction of sp³-hybridized carbons (Fsp3) is 0.441. The Labute approximate surface area is 270 Å². The molecule has 0 radical (unpaired) electrons. The topological polar surface area (TPSA) is 121 Å². The van der Waals surface area contributed by atoms with E-state index >= 15 is 0 Å². The number of amides is 1. The molecule has 12 heteroatoms. The number of piperazine rings is 1. The zero-order valence-corrected chi connectivity index (χ0v) is 26.7. The van der Waals surface area contributed by atoms with Gasteiger partial charge in [0.25, 0.3) is 0 Å². The third-order valence-corrected chi connectivity index (χ3v) is 9.21. The van der Waals surface area contributed by atoms with Gasteiger partial charge in [-0.15, -0.1) is 0 Å². The SMILES string of the molecule is C=CC(=O)Nc1cc(NC2=NCNC(N3OCC[C@@H]3c3cccc(C#N)c3)=C2)c(OC)cc1N1CCC(N2CCN(C)CC2)CC1. The highest BCUT2D eigenvalue weighted by molar-refractivity contribution is 6.07. The smallest absolute Gasteiger partial charge is 0.247 e. The van der Waals surface area contributed by atoms with Gasteiger partial charge in [-0.2, -0.15) is 5.26 Å². The summed E-state index contributed by atoms with van der Waals surface area (Å²) in [6.45, 7) is 10.8. The summed E-state index contributed by atoms with van der Waals surface area (Å²) in [5.74, 6) is 1.76. The molecule has 3 saturated heterocycles. The minimum absolute atomic E-state index is 0.0404. The lowest BCUT2D eigenvalue weighted by Gasteiger charge is -2.43. The van der Waals surface area contributed by atoms with Crippen LogP contribution >= 0.6 is 0 Å². The van der Waals surface area contributed by atoms with Crippen molar-refractivity contribution in [2.24, 2.45) is 4.99 Å². The summed E-state index contributed by atoms with van der Waals surface area (Å²) in [6.07, 6.45) is 6.11. The molecule has 4 heterocycles. The number of amidine groups is 1. The first kappa shape index (κ1) is 31.4. The van der Waals surface area contributed by atoms with E-state index in [1.807, 2.05) is 41.5 Å². The fourth-order valence-corrected chi connectivity index (χ4v) is 6.65. The summed E-state index contributed by atoms with van der Waals surface area (Å²) in [5, 5.41) is 21.0. The van der Waals surface area contributed by atoms with Gasteiger partial charge in [-0.25, -0.2) is 10.1 Å². The monoisotopic (exact) mass is 625 g/mol. The Kier molecular flexibility index (Phi) is 9.73. The predicted octanol–water partition coefficient (Wildman–Crippen LogP) is 3.50. The number of ether oxygens (including phenoxy) is 1. The van der Waals surface area contributed by atoms with Crippen LogP contribution in [0.1, 0.15) is 36.4 Å². The second-order valence-corrected chi connectivity index (χ2v) is 12.1. The lowest BCUT2D eigenvalue weighted by molar-refractivity contribution is -0.111. The van der Waals surface area contributed by atoms with E-state index in [0.29, 0.717) is 47.8 Å². The van der Waals surface area contributed by atoms with Crippen LogP contribution in [0.4, 0.5) is 17.1 Å². The molecular formula is C34H43N9O3. The number of piperidine rings is 1. The van der Waals surface area contributed by atoms with Gasteiger partial charge in [-0.3, -0.25) is 14.5 Å². The normalized spacial score (nSPS) is 21.1. The average molecular weight is 626 g/mol. The molecule has 2 aromatic rings. The number of nitrogens with one attached hydrogen (secondary N) is 3. The minimum atomic E-state index is -0.274. The van der Waals surface area contributed by atoms with Crippen LogP contribution in [-0.4, -0.2) is 99.3 Å². The van der Waals surface area contributed by atoms with E-state index in [-0.39, 0.29) is 11.9 Å². The lowest BCUT2D eigenvalue weighted by atomic mass is 10.0. The van der Waals surface area contributed by atoms with Crippen LogP contribution in [0, 0.1) is 11.3 Å². The van der Waals surface area contributed by atoms with Crippen LogP contribution in [0.2, 0.25) is 0 Å². The van der Waals surface area contributed by atoms with Crippen molar-refractivity contribution in [3.05, 3.63) is 72.1 Å². The van der Waals surface area contributed by atoms with Gasteiger partial charge >= 0.3 is 0 Å². The molecule has 46 heavy (non-hydrogen) atoms. The quantitative estimate of drug-likeness (QED) is 0.376. The van der Waals surface area contributed by atoms with Crippen LogP contribution < -0.4 is 25.6 Å². The Morgan fingerprint density at radius 2 is 1.93 bits per heavy atom. The zero-order valence-electron chi connectivity index (χ0n) is 26.7. The summed E-state index contributed by atoms with van der Waals surface area (Å²) in [4.78, 5) is 30.6. The Balaban J connectivity index is 1.21. The molecule has 3 N–H and O–H groups in total. The van der Waals surface area contributed by atoms with E-state index in [9.17, 15) is 10.1 Å². The summed E-state index contributed by atoms with van der Waals surface area (Å²) >= 11 is 0. The van der Waals surface area contributed by atoms with E-state index in [2.05, 4.69) is 55.3 Å². The first-order chi connectivity index (χ1) is 22.4. The lowest BCUT2D eigenvalue weighted by Crippen LogP contribution is -2.52. The van der Waals surface area contributed by atoms with Crippen molar-refractivity contribution in [1.82, 2.24) is 20.2 Å². The maximum absolute atomic E-state index is 12.5. The maximum Gasteiger partial charge on any atom is 0.247 e. The molecule has 0 unspecified atom stereocenters. The first-order valence-corrected chi connectivity index (χ1v) is 16.0. The second kappa shape index (κ2) is 14.2.